The van der Waals surface area contributed by atoms with Gasteiger partial charge in [0.15, 0.2) is 6.29 Å². The van der Waals surface area contributed by atoms with E-state index < -0.39 is 6.29 Å². The van der Waals surface area contributed by atoms with Crippen molar-refractivity contribution >= 4 is 0 Å². The number of rotatable bonds is 3. The second kappa shape index (κ2) is 4.37. The average molecular weight is 216 g/mol. The van der Waals surface area contributed by atoms with Crippen molar-refractivity contribution in [2.45, 2.75) is 45.4 Å². The molecule has 88 valence electrons. The van der Waals surface area contributed by atoms with E-state index in [1.807, 2.05) is 0 Å². The van der Waals surface area contributed by atoms with Crippen LogP contribution in [0.4, 0.5) is 0 Å². The van der Waals surface area contributed by atoms with Gasteiger partial charge in [-0.1, -0.05) is 13.8 Å². The van der Waals surface area contributed by atoms with Crippen LogP contribution in [0.15, 0.2) is 0 Å². The van der Waals surface area contributed by atoms with Crippen molar-refractivity contribution in [3.63, 3.8) is 0 Å². The zero-order valence-corrected chi connectivity index (χ0v) is 9.55. The van der Waals surface area contributed by atoms with Gasteiger partial charge in [-0.2, -0.15) is 0 Å². The molecule has 0 spiro atoms. The second-order valence-electron chi connectivity index (χ2n) is 4.71. The number of aliphatic hydroxyl groups excluding tert-OH is 1. The Labute approximate surface area is 90.5 Å². The van der Waals surface area contributed by atoms with E-state index in [0.29, 0.717) is 18.4 Å². The molecule has 4 heteroatoms. The summed E-state index contributed by atoms with van der Waals surface area (Å²) in [5.41, 5.74) is 0. The van der Waals surface area contributed by atoms with E-state index in [0.717, 1.165) is 6.61 Å². The van der Waals surface area contributed by atoms with Gasteiger partial charge in [0.25, 0.3) is 0 Å². The van der Waals surface area contributed by atoms with Gasteiger partial charge in [0.1, 0.15) is 6.10 Å². The Morgan fingerprint density at radius 2 is 2.13 bits per heavy atom. The fraction of sp³-hybridized carbons (Fsp3) is 1.00. The first-order chi connectivity index (χ1) is 7.09. The summed E-state index contributed by atoms with van der Waals surface area (Å²) < 4.78 is 16.8. The van der Waals surface area contributed by atoms with E-state index >= 15 is 0 Å². The minimum absolute atomic E-state index is 0.0236. The highest BCUT2D eigenvalue weighted by molar-refractivity contribution is 4.94. The summed E-state index contributed by atoms with van der Waals surface area (Å²) in [6.45, 7) is 7.09. The number of aliphatic hydroxyl groups is 1. The third-order valence-corrected chi connectivity index (χ3v) is 3.35. The number of hydrogen-bond acceptors (Lipinski definition) is 4. The molecule has 0 aromatic rings. The van der Waals surface area contributed by atoms with Gasteiger partial charge in [-0.15, -0.1) is 0 Å². The molecule has 6 atom stereocenters. The molecular formula is C11H20O4. The minimum Gasteiger partial charge on any atom is -0.375 e. The van der Waals surface area contributed by atoms with Crippen molar-refractivity contribution in [1.82, 2.24) is 0 Å². The van der Waals surface area contributed by atoms with Crippen LogP contribution >= 0.6 is 0 Å². The molecule has 2 bridgehead atoms. The summed E-state index contributed by atoms with van der Waals surface area (Å²) in [7, 11) is 0. The highest BCUT2D eigenvalue weighted by Gasteiger charge is 2.48. The van der Waals surface area contributed by atoms with Gasteiger partial charge in [0.2, 0.25) is 0 Å². The number of hydrogen-bond donors (Lipinski definition) is 1. The van der Waals surface area contributed by atoms with E-state index in [1.165, 1.54) is 0 Å². The minimum atomic E-state index is -0.734. The van der Waals surface area contributed by atoms with Crippen molar-refractivity contribution in [2.24, 2.45) is 11.8 Å². The van der Waals surface area contributed by atoms with E-state index in [2.05, 4.69) is 13.8 Å². The zero-order chi connectivity index (χ0) is 11.0. The first-order valence-corrected chi connectivity index (χ1v) is 5.66. The average Bonchev–Trinajstić information content (AvgIpc) is 2.37. The Morgan fingerprint density at radius 1 is 1.40 bits per heavy atom. The molecule has 2 aliphatic rings. The van der Waals surface area contributed by atoms with Crippen LogP contribution in [0.1, 0.15) is 20.8 Å². The molecule has 0 amide bonds. The molecule has 1 unspecified atom stereocenters. The molecule has 0 aromatic heterocycles. The van der Waals surface area contributed by atoms with Crippen molar-refractivity contribution in [1.29, 1.82) is 0 Å². The molecule has 0 radical (unpaired) electrons. The first kappa shape index (κ1) is 11.3. The Hall–Kier alpha value is -0.160. The molecule has 0 aromatic carbocycles. The largest absolute Gasteiger partial charge is 0.375 e. The normalized spacial score (nSPS) is 46.8. The Bertz CT molecular complexity index is 219. The Morgan fingerprint density at radius 3 is 2.73 bits per heavy atom. The lowest BCUT2D eigenvalue weighted by molar-refractivity contribution is -0.127. The van der Waals surface area contributed by atoms with Crippen LogP contribution in [0, 0.1) is 11.8 Å². The molecule has 2 aliphatic heterocycles. The van der Waals surface area contributed by atoms with Crippen LogP contribution < -0.4 is 0 Å². The molecule has 2 heterocycles. The van der Waals surface area contributed by atoms with E-state index in [9.17, 15) is 0 Å². The standard InChI is InChI=1S/C11H20O4/c1-6-4-14-11-7(2)10(6)15-9(11)5-13-8(3)12/h6-12H,4-5H2,1-3H3/t6-,7-,8?,9-,10-,11+/m0/s1. The van der Waals surface area contributed by atoms with Crippen LogP contribution in [0.3, 0.4) is 0 Å². The molecule has 0 saturated carbocycles. The van der Waals surface area contributed by atoms with Crippen molar-refractivity contribution in [3.8, 4) is 0 Å². The summed E-state index contributed by atoms with van der Waals surface area (Å²) in [6.07, 6.45) is -0.345. The molecule has 1 N–H and O–H groups in total. The third-order valence-electron chi connectivity index (χ3n) is 3.35. The summed E-state index contributed by atoms with van der Waals surface area (Å²) in [6, 6.07) is 0. The highest BCUT2D eigenvalue weighted by Crippen LogP contribution is 2.38. The predicted molar refractivity (Wildman–Crippen MR) is 54.4 cm³/mol. The highest BCUT2D eigenvalue weighted by atomic mass is 16.6. The van der Waals surface area contributed by atoms with Crippen LogP contribution in [-0.2, 0) is 14.2 Å². The quantitative estimate of drug-likeness (QED) is 0.708. The lowest BCUT2D eigenvalue weighted by atomic mass is 9.88. The van der Waals surface area contributed by atoms with Crippen LogP contribution in [0.2, 0.25) is 0 Å². The lowest BCUT2D eigenvalue weighted by Gasteiger charge is -2.30. The van der Waals surface area contributed by atoms with Gasteiger partial charge in [0.05, 0.1) is 25.4 Å². The monoisotopic (exact) mass is 216 g/mol. The van der Waals surface area contributed by atoms with Gasteiger partial charge in [0, 0.05) is 11.8 Å². The van der Waals surface area contributed by atoms with Crippen LogP contribution in [-0.4, -0.2) is 42.9 Å². The lowest BCUT2D eigenvalue weighted by Crippen LogP contribution is -2.39. The van der Waals surface area contributed by atoms with Crippen molar-refractivity contribution in [3.05, 3.63) is 0 Å². The van der Waals surface area contributed by atoms with Gasteiger partial charge < -0.3 is 19.3 Å². The number of ether oxygens (including phenoxy) is 3. The summed E-state index contributed by atoms with van der Waals surface area (Å²) >= 11 is 0. The number of fused-ring (bicyclic) bond motifs is 2. The maximum Gasteiger partial charge on any atom is 0.151 e. The molecule has 15 heavy (non-hydrogen) atoms. The second-order valence-corrected chi connectivity index (χ2v) is 4.71. The smallest absolute Gasteiger partial charge is 0.151 e. The fourth-order valence-electron chi connectivity index (χ4n) is 2.57. The maximum absolute atomic E-state index is 9.05. The zero-order valence-electron chi connectivity index (χ0n) is 9.55. The topological polar surface area (TPSA) is 47.9 Å². The van der Waals surface area contributed by atoms with Gasteiger partial charge >= 0.3 is 0 Å². The van der Waals surface area contributed by atoms with E-state index in [-0.39, 0.29) is 18.3 Å². The van der Waals surface area contributed by atoms with E-state index in [1.54, 1.807) is 6.92 Å². The maximum atomic E-state index is 9.05. The van der Waals surface area contributed by atoms with Crippen molar-refractivity contribution < 1.29 is 19.3 Å². The molecule has 4 nitrogen and oxygen atoms in total. The SMILES string of the molecule is CC(O)OC[C@@H]1O[C@@H]2[C@H](C)[C@H]1OC[C@@H]2C. The van der Waals surface area contributed by atoms with E-state index in [4.69, 9.17) is 19.3 Å². The molecule has 2 rings (SSSR count). The summed E-state index contributed by atoms with van der Waals surface area (Å²) in [5.74, 6) is 0.879. The molecule has 2 saturated heterocycles. The van der Waals surface area contributed by atoms with Crippen LogP contribution in [0.25, 0.3) is 0 Å². The molecule has 0 aliphatic carbocycles. The fourth-order valence-corrected chi connectivity index (χ4v) is 2.57. The third kappa shape index (κ3) is 2.18. The van der Waals surface area contributed by atoms with Gasteiger partial charge in [-0.3, -0.25) is 0 Å². The summed E-state index contributed by atoms with van der Waals surface area (Å²) in [4.78, 5) is 0. The molecule has 2 fully saturated rings. The van der Waals surface area contributed by atoms with Crippen molar-refractivity contribution in [2.75, 3.05) is 13.2 Å². The first-order valence-electron chi connectivity index (χ1n) is 5.66. The summed E-state index contributed by atoms with van der Waals surface area (Å²) in [5, 5.41) is 9.05. The van der Waals surface area contributed by atoms with Gasteiger partial charge in [-0.25, -0.2) is 0 Å². The Kier molecular flexibility index (Phi) is 3.30. The van der Waals surface area contributed by atoms with Crippen LogP contribution in [0.5, 0.6) is 0 Å². The predicted octanol–water partition coefficient (Wildman–Crippen LogP) is 0.780. The van der Waals surface area contributed by atoms with Gasteiger partial charge in [-0.05, 0) is 6.92 Å². The molecular weight excluding hydrogens is 196 g/mol. The Balaban J connectivity index is 1.93.